The van der Waals surface area contributed by atoms with Crippen molar-refractivity contribution in [3.05, 3.63) is 28.2 Å². The molecule has 0 radical (unpaired) electrons. The third kappa shape index (κ3) is 4.82. The number of carbonyl (C=O) groups is 4. The highest BCUT2D eigenvalue weighted by Gasteiger charge is 2.52. The van der Waals surface area contributed by atoms with Crippen molar-refractivity contribution in [2.24, 2.45) is 5.92 Å². The van der Waals surface area contributed by atoms with E-state index < -0.39 is 42.5 Å². The molecule has 0 aromatic heterocycles. The van der Waals surface area contributed by atoms with E-state index in [1.54, 1.807) is 6.07 Å². The average Bonchev–Trinajstić information content (AvgIpc) is 2.90. The van der Waals surface area contributed by atoms with Gasteiger partial charge in [-0.25, -0.2) is 4.79 Å². The fraction of sp³-hybridized carbons (Fsp3) is 0.474. The average molecular weight is 442 g/mol. The van der Waals surface area contributed by atoms with Gasteiger partial charge in [0.2, 0.25) is 0 Å². The molecule has 0 atom stereocenters. The number of nitrogens with one attached hydrogen (secondary N) is 2. The van der Waals surface area contributed by atoms with Crippen LogP contribution >= 0.6 is 23.2 Å². The van der Waals surface area contributed by atoms with Gasteiger partial charge in [-0.15, -0.1) is 0 Å². The van der Waals surface area contributed by atoms with Crippen LogP contribution in [0, 0.1) is 5.92 Å². The predicted molar refractivity (Wildman–Crippen MR) is 107 cm³/mol. The summed E-state index contributed by atoms with van der Waals surface area (Å²) in [5.41, 5.74) is -0.646. The lowest BCUT2D eigenvalue weighted by molar-refractivity contribution is -0.150. The molecule has 2 aliphatic rings. The molecule has 156 valence electrons. The van der Waals surface area contributed by atoms with Crippen LogP contribution in [-0.2, 0) is 19.1 Å². The summed E-state index contributed by atoms with van der Waals surface area (Å²) in [4.78, 5) is 49.8. The van der Waals surface area contributed by atoms with E-state index in [1.807, 2.05) is 0 Å². The summed E-state index contributed by atoms with van der Waals surface area (Å²) in [6, 6.07) is 3.93. The van der Waals surface area contributed by atoms with E-state index in [1.165, 1.54) is 12.1 Å². The number of nitrogens with zero attached hydrogens (tertiary/aromatic N) is 1. The molecule has 1 aliphatic heterocycles. The summed E-state index contributed by atoms with van der Waals surface area (Å²) < 4.78 is 4.90. The number of carbonyl (C=O) groups excluding carboxylic acids is 4. The summed E-state index contributed by atoms with van der Waals surface area (Å²) in [6.45, 7) is 0.964. The number of hydrogen-bond donors (Lipinski definition) is 2. The molecule has 1 aliphatic carbocycles. The smallest absolute Gasteiger partial charge is 0.326 e. The zero-order valence-electron chi connectivity index (χ0n) is 15.8. The van der Waals surface area contributed by atoms with Crippen LogP contribution in [0.4, 0.5) is 10.5 Å². The fourth-order valence-electron chi connectivity index (χ4n) is 3.51. The van der Waals surface area contributed by atoms with Gasteiger partial charge in [0.1, 0.15) is 12.1 Å². The summed E-state index contributed by atoms with van der Waals surface area (Å²) in [6.07, 6.45) is 2.76. The first-order valence-electron chi connectivity index (χ1n) is 9.25. The van der Waals surface area contributed by atoms with Crippen molar-refractivity contribution in [1.82, 2.24) is 10.2 Å². The first-order chi connectivity index (χ1) is 13.7. The van der Waals surface area contributed by atoms with Crippen molar-refractivity contribution in [2.75, 3.05) is 18.5 Å². The second-order valence-corrected chi connectivity index (χ2v) is 8.26. The molecule has 1 spiro atoms. The molecular formula is C19H21Cl2N3O5. The highest BCUT2D eigenvalue weighted by atomic mass is 35.5. The summed E-state index contributed by atoms with van der Waals surface area (Å²) >= 11 is 11.8. The Kier molecular flexibility index (Phi) is 6.33. The molecular weight excluding hydrogens is 421 g/mol. The standard InChI is InChI=1S/C19H21Cl2N3O5/c1-11-4-6-19(7-5-11)17(27)24(18(28)23-19)9-16(26)29-10-15(25)22-14-8-12(20)2-3-13(14)21/h2-3,8,11H,4-7,9-10H2,1H3,(H,22,25)(H,23,28). The zero-order valence-corrected chi connectivity index (χ0v) is 17.3. The molecule has 1 heterocycles. The third-order valence-corrected chi connectivity index (χ3v) is 5.79. The monoisotopic (exact) mass is 441 g/mol. The van der Waals surface area contributed by atoms with Crippen molar-refractivity contribution in [3.8, 4) is 0 Å². The van der Waals surface area contributed by atoms with Crippen LogP contribution in [0.25, 0.3) is 0 Å². The van der Waals surface area contributed by atoms with E-state index in [2.05, 4.69) is 17.6 Å². The maximum absolute atomic E-state index is 12.7. The minimum Gasteiger partial charge on any atom is -0.454 e. The SMILES string of the molecule is CC1CCC2(CC1)NC(=O)N(CC(=O)OCC(=O)Nc1cc(Cl)ccc1Cl)C2=O. The number of benzene rings is 1. The van der Waals surface area contributed by atoms with Crippen LogP contribution in [0.15, 0.2) is 18.2 Å². The van der Waals surface area contributed by atoms with Gasteiger partial charge in [0, 0.05) is 5.02 Å². The van der Waals surface area contributed by atoms with Crippen LogP contribution in [0.3, 0.4) is 0 Å². The number of ether oxygens (including phenoxy) is 1. The number of amides is 4. The van der Waals surface area contributed by atoms with Crippen LogP contribution in [0.2, 0.25) is 10.0 Å². The minimum atomic E-state index is -0.926. The fourth-order valence-corrected chi connectivity index (χ4v) is 3.85. The molecule has 3 rings (SSSR count). The summed E-state index contributed by atoms with van der Waals surface area (Å²) in [5, 5.41) is 5.86. The molecule has 1 aromatic carbocycles. The summed E-state index contributed by atoms with van der Waals surface area (Å²) in [7, 11) is 0. The Bertz CT molecular complexity index is 852. The zero-order chi connectivity index (χ0) is 21.2. The van der Waals surface area contributed by atoms with Crippen molar-refractivity contribution in [1.29, 1.82) is 0 Å². The van der Waals surface area contributed by atoms with E-state index in [9.17, 15) is 19.2 Å². The summed E-state index contributed by atoms with van der Waals surface area (Å²) in [5.74, 6) is -1.41. The Morgan fingerprint density at radius 1 is 1.28 bits per heavy atom. The van der Waals surface area contributed by atoms with E-state index >= 15 is 0 Å². The number of imide groups is 1. The van der Waals surface area contributed by atoms with E-state index in [0.717, 1.165) is 17.7 Å². The van der Waals surface area contributed by atoms with Gasteiger partial charge in [-0.2, -0.15) is 0 Å². The highest BCUT2D eigenvalue weighted by Crippen LogP contribution is 2.36. The van der Waals surface area contributed by atoms with Crippen molar-refractivity contribution >= 4 is 52.7 Å². The maximum atomic E-state index is 12.7. The predicted octanol–water partition coefficient (Wildman–Crippen LogP) is 2.98. The van der Waals surface area contributed by atoms with Crippen molar-refractivity contribution in [3.63, 3.8) is 0 Å². The van der Waals surface area contributed by atoms with Crippen LogP contribution in [0.5, 0.6) is 0 Å². The number of esters is 1. The molecule has 1 aromatic rings. The number of anilines is 1. The molecule has 4 amide bonds. The number of hydrogen-bond acceptors (Lipinski definition) is 5. The van der Waals surface area contributed by atoms with E-state index in [4.69, 9.17) is 27.9 Å². The van der Waals surface area contributed by atoms with Crippen molar-refractivity contribution < 1.29 is 23.9 Å². The van der Waals surface area contributed by atoms with Gasteiger partial charge in [-0.3, -0.25) is 19.3 Å². The quantitative estimate of drug-likeness (QED) is 0.539. The highest BCUT2D eigenvalue weighted by molar-refractivity contribution is 6.35. The molecule has 1 saturated carbocycles. The lowest BCUT2D eigenvalue weighted by atomic mass is 9.77. The second kappa shape index (κ2) is 8.59. The number of rotatable bonds is 5. The van der Waals surface area contributed by atoms with Gasteiger partial charge < -0.3 is 15.4 Å². The topological polar surface area (TPSA) is 105 Å². The maximum Gasteiger partial charge on any atom is 0.326 e. The number of halogens is 2. The normalized spacial score (nSPS) is 23.8. The second-order valence-electron chi connectivity index (χ2n) is 7.42. The van der Waals surface area contributed by atoms with E-state index in [-0.39, 0.29) is 10.7 Å². The van der Waals surface area contributed by atoms with Gasteiger partial charge in [-0.1, -0.05) is 30.1 Å². The Morgan fingerprint density at radius 2 is 1.97 bits per heavy atom. The molecule has 10 heteroatoms. The van der Waals surface area contributed by atoms with Crippen LogP contribution in [0.1, 0.15) is 32.6 Å². The third-order valence-electron chi connectivity index (χ3n) is 5.23. The largest absolute Gasteiger partial charge is 0.454 e. The first-order valence-corrected chi connectivity index (χ1v) is 10.0. The number of urea groups is 1. The Balaban J connectivity index is 1.51. The first kappa shape index (κ1) is 21.4. The Labute approximate surface area is 177 Å². The molecule has 29 heavy (non-hydrogen) atoms. The van der Waals surface area contributed by atoms with Gasteiger partial charge in [0.05, 0.1) is 10.7 Å². The minimum absolute atomic E-state index is 0.278. The van der Waals surface area contributed by atoms with Crippen LogP contribution < -0.4 is 10.6 Å². The van der Waals surface area contributed by atoms with Gasteiger partial charge >= 0.3 is 12.0 Å². The van der Waals surface area contributed by atoms with Gasteiger partial charge in [0.25, 0.3) is 11.8 Å². The van der Waals surface area contributed by atoms with Gasteiger partial charge in [-0.05, 0) is 49.8 Å². The molecule has 0 unspecified atom stereocenters. The van der Waals surface area contributed by atoms with E-state index in [0.29, 0.717) is 23.8 Å². The van der Waals surface area contributed by atoms with Crippen LogP contribution in [-0.4, -0.2) is 47.4 Å². The van der Waals surface area contributed by atoms with Crippen molar-refractivity contribution in [2.45, 2.75) is 38.1 Å². The molecule has 1 saturated heterocycles. The Hall–Kier alpha value is -2.32. The molecule has 2 fully saturated rings. The molecule has 8 nitrogen and oxygen atoms in total. The lowest BCUT2D eigenvalue weighted by Gasteiger charge is -2.33. The molecule has 0 bridgehead atoms. The van der Waals surface area contributed by atoms with Gasteiger partial charge in [0.15, 0.2) is 6.61 Å². The lowest BCUT2D eigenvalue weighted by Crippen LogP contribution is -2.49. The molecule has 2 N–H and O–H groups in total. The Morgan fingerprint density at radius 3 is 2.66 bits per heavy atom.